The fraction of sp³-hybridized carbons (Fsp3) is 0.471. The van der Waals surface area contributed by atoms with E-state index in [1.54, 1.807) is 15.6 Å². The van der Waals surface area contributed by atoms with Gasteiger partial charge in [0.1, 0.15) is 5.82 Å². The molecule has 2 aromatic rings. The SMILES string of the molecule is CC(C)c1nc(C(=O)N(C)C2CCNC2)nn1-c1ccccc1Cl.Cl. The third-order valence-corrected chi connectivity index (χ3v) is 4.64. The molecule has 8 heteroatoms. The van der Waals surface area contributed by atoms with Crippen molar-refractivity contribution in [3.8, 4) is 5.69 Å². The van der Waals surface area contributed by atoms with Crippen LogP contribution in [0.4, 0.5) is 0 Å². The fourth-order valence-corrected chi connectivity index (χ4v) is 3.10. The largest absolute Gasteiger partial charge is 0.335 e. The van der Waals surface area contributed by atoms with Crippen LogP contribution in [0.15, 0.2) is 24.3 Å². The van der Waals surface area contributed by atoms with Crippen molar-refractivity contribution < 1.29 is 4.79 Å². The van der Waals surface area contributed by atoms with Crippen LogP contribution in [0.1, 0.15) is 42.6 Å². The number of nitrogens with one attached hydrogen (secondary N) is 1. The Bertz CT molecular complexity index is 740. The lowest BCUT2D eigenvalue weighted by atomic mass is 10.2. The van der Waals surface area contributed by atoms with Crippen LogP contribution in [0.5, 0.6) is 0 Å². The highest BCUT2D eigenvalue weighted by Gasteiger charge is 2.28. The minimum atomic E-state index is -0.156. The fourth-order valence-electron chi connectivity index (χ4n) is 2.88. The Kier molecular flexibility index (Phi) is 6.43. The second-order valence-corrected chi connectivity index (χ2v) is 6.78. The van der Waals surface area contributed by atoms with Crippen LogP contribution in [0.25, 0.3) is 5.69 Å². The predicted molar refractivity (Wildman–Crippen MR) is 101 cm³/mol. The van der Waals surface area contributed by atoms with Crippen molar-refractivity contribution in [3.05, 3.63) is 40.9 Å². The normalized spacial score (nSPS) is 16.8. The molecule has 2 heterocycles. The van der Waals surface area contributed by atoms with Crippen LogP contribution in [-0.2, 0) is 0 Å². The lowest BCUT2D eigenvalue weighted by Crippen LogP contribution is -2.38. The summed E-state index contributed by atoms with van der Waals surface area (Å²) in [6.07, 6.45) is 0.949. The van der Waals surface area contributed by atoms with Gasteiger partial charge in [-0.05, 0) is 25.1 Å². The third-order valence-electron chi connectivity index (χ3n) is 4.32. The zero-order valence-electron chi connectivity index (χ0n) is 14.6. The van der Waals surface area contributed by atoms with Gasteiger partial charge in [0.25, 0.3) is 5.91 Å². The van der Waals surface area contributed by atoms with Crippen LogP contribution in [0, 0.1) is 0 Å². The van der Waals surface area contributed by atoms with Crippen LogP contribution < -0.4 is 5.32 Å². The first-order valence-electron chi connectivity index (χ1n) is 8.18. The summed E-state index contributed by atoms with van der Waals surface area (Å²) in [5.74, 6) is 0.905. The van der Waals surface area contributed by atoms with Crippen LogP contribution in [0.3, 0.4) is 0 Å². The van der Waals surface area contributed by atoms with E-state index in [1.807, 2.05) is 39.1 Å². The van der Waals surface area contributed by atoms with Gasteiger partial charge in [0.05, 0.1) is 10.7 Å². The van der Waals surface area contributed by atoms with Gasteiger partial charge in [0.2, 0.25) is 5.82 Å². The van der Waals surface area contributed by atoms with Gasteiger partial charge >= 0.3 is 0 Å². The van der Waals surface area contributed by atoms with E-state index >= 15 is 0 Å². The molecule has 1 fully saturated rings. The predicted octanol–water partition coefficient (Wildman–Crippen LogP) is 2.90. The highest BCUT2D eigenvalue weighted by molar-refractivity contribution is 6.32. The van der Waals surface area contributed by atoms with E-state index in [0.29, 0.717) is 5.02 Å². The monoisotopic (exact) mass is 383 g/mol. The van der Waals surface area contributed by atoms with Gasteiger partial charge in [-0.3, -0.25) is 4.79 Å². The van der Waals surface area contributed by atoms with Gasteiger partial charge in [0, 0.05) is 25.6 Å². The molecule has 136 valence electrons. The number of likely N-dealkylation sites (N-methyl/N-ethyl adjacent to an activating group) is 1. The summed E-state index contributed by atoms with van der Waals surface area (Å²) in [6.45, 7) is 5.79. The van der Waals surface area contributed by atoms with Gasteiger partial charge in [-0.1, -0.05) is 37.6 Å². The van der Waals surface area contributed by atoms with E-state index in [2.05, 4.69) is 15.4 Å². The Morgan fingerprint density at radius 2 is 2.12 bits per heavy atom. The molecule has 1 aliphatic rings. The molecule has 0 aliphatic carbocycles. The summed E-state index contributed by atoms with van der Waals surface area (Å²) in [7, 11) is 1.81. The van der Waals surface area contributed by atoms with Crippen molar-refractivity contribution in [2.45, 2.75) is 32.2 Å². The summed E-state index contributed by atoms with van der Waals surface area (Å²) in [5.41, 5.74) is 0.736. The second kappa shape index (κ2) is 8.17. The Labute approximate surface area is 159 Å². The summed E-state index contributed by atoms with van der Waals surface area (Å²) in [5, 5.41) is 8.31. The average molecular weight is 384 g/mol. The number of hydrogen-bond acceptors (Lipinski definition) is 4. The molecular formula is C17H23Cl2N5O. The number of carbonyl (C=O) groups is 1. The maximum Gasteiger partial charge on any atom is 0.293 e. The Balaban J connectivity index is 0.00000225. The average Bonchev–Trinajstić information content (AvgIpc) is 3.23. The molecule has 6 nitrogen and oxygen atoms in total. The topological polar surface area (TPSA) is 63.1 Å². The first-order chi connectivity index (χ1) is 11.5. The van der Waals surface area contributed by atoms with Crippen LogP contribution in [-0.4, -0.2) is 51.8 Å². The maximum atomic E-state index is 12.8. The van der Waals surface area contributed by atoms with E-state index in [1.165, 1.54) is 0 Å². The Morgan fingerprint density at radius 1 is 1.40 bits per heavy atom. The van der Waals surface area contributed by atoms with Crippen molar-refractivity contribution in [3.63, 3.8) is 0 Å². The first kappa shape index (κ1) is 19.7. The number of aromatic nitrogens is 3. The van der Waals surface area contributed by atoms with Gasteiger partial charge in [0.15, 0.2) is 0 Å². The Hall–Kier alpha value is -1.63. The van der Waals surface area contributed by atoms with Gasteiger partial charge < -0.3 is 10.2 Å². The minimum Gasteiger partial charge on any atom is -0.335 e. The molecule has 1 atom stereocenters. The zero-order chi connectivity index (χ0) is 17.3. The van der Waals surface area contributed by atoms with E-state index < -0.39 is 0 Å². The summed E-state index contributed by atoms with van der Waals surface area (Å²) in [4.78, 5) is 19.0. The van der Waals surface area contributed by atoms with Crippen molar-refractivity contribution in [1.82, 2.24) is 25.0 Å². The van der Waals surface area contributed by atoms with Crippen molar-refractivity contribution in [2.75, 3.05) is 20.1 Å². The minimum absolute atomic E-state index is 0. The van der Waals surface area contributed by atoms with Crippen molar-refractivity contribution in [1.29, 1.82) is 0 Å². The molecule has 0 spiro atoms. The van der Waals surface area contributed by atoms with E-state index in [9.17, 15) is 4.79 Å². The quantitative estimate of drug-likeness (QED) is 0.881. The van der Waals surface area contributed by atoms with E-state index in [0.717, 1.165) is 31.0 Å². The third kappa shape index (κ3) is 3.97. The molecule has 1 amide bonds. The molecule has 1 saturated heterocycles. The molecule has 1 aliphatic heterocycles. The number of para-hydroxylation sites is 1. The standard InChI is InChI=1S/C17H22ClN5O.ClH/c1-11(2)16-20-15(17(24)22(3)12-8-9-19-10-12)21-23(16)14-7-5-4-6-13(14)18;/h4-7,11-12,19H,8-10H2,1-3H3;1H. The van der Waals surface area contributed by atoms with E-state index in [-0.39, 0.29) is 36.1 Å². The number of halogens is 2. The zero-order valence-corrected chi connectivity index (χ0v) is 16.1. The maximum absolute atomic E-state index is 12.8. The highest BCUT2D eigenvalue weighted by Crippen LogP contribution is 2.24. The molecule has 0 radical (unpaired) electrons. The molecule has 1 aromatic carbocycles. The number of nitrogens with zero attached hydrogens (tertiary/aromatic N) is 4. The lowest BCUT2D eigenvalue weighted by molar-refractivity contribution is 0.0731. The van der Waals surface area contributed by atoms with Gasteiger partial charge in [-0.15, -0.1) is 17.5 Å². The molecule has 0 bridgehead atoms. The number of amides is 1. The number of hydrogen-bond donors (Lipinski definition) is 1. The lowest BCUT2D eigenvalue weighted by Gasteiger charge is -2.22. The van der Waals surface area contributed by atoms with Crippen LogP contribution >= 0.6 is 24.0 Å². The van der Waals surface area contributed by atoms with Crippen molar-refractivity contribution >= 4 is 29.9 Å². The molecule has 1 aromatic heterocycles. The van der Waals surface area contributed by atoms with Gasteiger partial charge in [-0.2, -0.15) is 0 Å². The first-order valence-corrected chi connectivity index (χ1v) is 8.56. The number of benzene rings is 1. The molecule has 1 unspecified atom stereocenters. The summed E-state index contributed by atoms with van der Waals surface area (Å²) < 4.78 is 1.68. The Morgan fingerprint density at radius 3 is 2.72 bits per heavy atom. The number of carbonyl (C=O) groups excluding carboxylic acids is 1. The highest BCUT2D eigenvalue weighted by atomic mass is 35.5. The molecule has 25 heavy (non-hydrogen) atoms. The molecular weight excluding hydrogens is 361 g/mol. The van der Waals surface area contributed by atoms with Gasteiger partial charge in [-0.25, -0.2) is 9.67 Å². The molecule has 0 saturated carbocycles. The number of rotatable bonds is 4. The van der Waals surface area contributed by atoms with Crippen molar-refractivity contribution in [2.24, 2.45) is 0 Å². The van der Waals surface area contributed by atoms with Crippen LogP contribution in [0.2, 0.25) is 5.02 Å². The summed E-state index contributed by atoms with van der Waals surface area (Å²) in [6, 6.07) is 7.63. The molecule has 3 rings (SSSR count). The second-order valence-electron chi connectivity index (χ2n) is 6.37. The summed E-state index contributed by atoms with van der Waals surface area (Å²) >= 11 is 6.30. The molecule has 1 N–H and O–H groups in total. The smallest absolute Gasteiger partial charge is 0.293 e. The van der Waals surface area contributed by atoms with E-state index in [4.69, 9.17) is 11.6 Å².